The molecule has 2 N–H and O–H groups in total. The van der Waals surface area contributed by atoms with Gasteiger partial charge in [0.25, 0.3) is 0 Å². The maximum Gasteiger partial charge on any atom is 0.224 e. The van der Waals surface area contributed by atoms with Crippen molar-refractivity contribution in [2.75, 3.05) is 19.6 Å². The number of benzene rings is 1. The molecule has 0 radical (unpaired) electrons. The number of likely N-dealkylation sites (tertiary alicyclic amines) is 1. The maximum atomic E-state index is 12.1. The second-order valence-corrected chi connectivity index (χ2v) is 7.20. The van der Waals surface area contributed by atoms with Crippen LogP contribution in [0.3, 0.4) is 0 Å². The van der Waals surface area contributed by atoms with Crippen molar-refractivity contribution in [1.82, 2.24) is 25.0 Å². The Bertz CT molecular complexity index is 867. The van der Waals surface area contributed by atoms with Gasteiger partial charge in [-0.3, -0.25) is 19.3 Å². The second-order valence-electron chi connectivity index (χ2n) is 6.81. The average Bonchev–Trinajstić information content (AvgIpc) is 3.30. The van der Waals surface area contributed by atoms with E-state index in [1.807, 2.05) is 40.7 Å². The predicted octanol–water partition coefficient (Wildman–Crippen LogP) is 2.43. The molecular weight excluding hydrogens is 362 g/mol. The molecule has 1 aromatic heterocycles. The topological polar surface area (TPSA) is 83.0 Å². The highest BCUT2D eigenvalue weighted by Gasteiger charge is 2.17. The van der Waals surface area contributed by atoms with Crippen LogP contribution in [-0.4, -0.2) is 51.1 Å². The Kier molecular flexibility index (Phi) is 6.39. The summed E-state index contributed by atoms with van der Waals surface area (Å²) in [6.07, 6.45) is 2.79. The molecule has 1 saturated heterocycles. The first-order valence-corrected chi connectivity index (χ1v) is 9.72. The highest BCUT2D eigenvalue weighted by molar-refractivity contribution is 7.71. The maximum absolute atomic E-state index is 12.1. The van der Waals surface area contributed by atoms with Crippen molar-refractivity contribution in [3.8, 4) is 11.4 Å². The lowest BCUT2D eigenvalue weighted by molar-refractivity contribution is -0.130. The quantitative estimate of drug-likeness (QED) is 0.715. The molecule has 0 spiro atoms. The number of amides is 2. The van der Waals surface area contributed by atoms with Gasteiger partial charge in [0.1, 0.15) is 0 Å². The molecule has 144 valence electrons. The van der Waals surface area contributed by atoms with Crippen LogP contribution < -0.4 is 5.32 Å². The van der Waals surface area contributed by atoms with E-state index in [0.29, 0.717) is 24.3 Å². The van der Waals surface area contributed by atoms with Gasteiger partial charge in [-0.2, -0.15) is 5.10 Å². The van der Waals surface area contributed by atoms with E-state index in [-0.39, 0.29) is 18.2 Å². The summed E-state index contributed by atoms with van der Waals surface area (Å²) < 4.78 is 2.32. The molecule has 2 amide bonds. The van der Waals surface area contributed by atoms with E-state index in [4.69, 9.17) is 12.2 Å². The van der Waals surface area contributed by atoms with E-state index < -0.39 is 0 Å². The van der Waals surface area contributed by atoms with Crippen LogP contribution in [-0.2, 0) is 16.1 Å². The van der Waals surface area contributed by atoms with E-state index in [1.165, 1.54) is 0 Å². The van der Waals surface area contributed by atoms with E-state index in [0.717, 1.165) is 42.9 Å². The van der Waals surface area contributed by atoms with Crippen LogP contribution in [0.15, 0.2) is 24.3 Å². The fourth-order valence-corrected chi connectivity index (χ4v) is 3.49. The molecule has 0 bridgehead atoms. The molecule has 8 heteroatoms. The van der Waals surface area contributed by atoms with Crippen molar-refractivity contribution in [2.24, 2.45) is 0 Å². The highest BCUT2D eigenvalue weighted by atomic mass is 32.1. The van der Waals surface area contributed by atoms with Crippen LogP contribution in [0.25, 0.3) is 11.4 Å². The summed E-state index contributed by atoms with van der Waals surface area (Å²) in [6, 6.07) is 7.99. The van der Waals surface area contributed by atoms with Gasteiger partial charge in [-0.05, 0) is 38.0 Å². The van der Waals surface area contributed by atoms with E-state index in [2.05, 4.69) is 15.5 Å². The van der Waals surface area contributed by atoms with Crippen molar-refractivity contribution >= 4 is 24.0 Å². The minimum atomic E-state index is -0.0949. The molecule has 1 aromatic carbocycles. The van der Waals surface area contributed by atoms with Gasteiger partial charge in [-0.25, -0.2) is 0 Å². The number of aromatic nitrogens is 3. The predicted molar refractivity (Wildman–Crippen MR) is 106 cm³/mol. The fraction of sp³-hybridized carbons (Fsp3) is 0.474. The van der Waals surface area contributed by atoms with Gasteiger partial charge in [0, 0.05) is 44.6 Å². The standard InChI is InChI=1S/C19H25N5O2S/c1-14-5-4-6-15(13-14)18-21-22-19(27)24(18)12-8-16(25)20-9-7-17(26)23-10-2-3-11-23/h4-6,13H,2-3,7-12H2,1H3,(H,20,25)(H,22,27). The van der Waals surface area contributed by atoms with Gasteiger partial charge >= 0.3 is 0 Å². The van der Waals surface area contributed by atoms with Crippen LogP contribution in [0.1, 0.15) is 31.2 Å². The number of aryl methyl sites for hydroxylation is 1. The van der Waals surface area contributed by atoms with Gasteiger partial charge in [0.15, 0.2) is 10.6 Å². The van der Waals surface area contributed by atoms with Gasteiger partial charge < -0.3 is 10.2 Å². The molecule has 0 atom stereocenters. The van der Waals surface area contributed by atoms with Crippen LogP contribution in [0, 0.1) is 11.7 Å². The van der Waals surface area contributed by atoms with Crippen LogP contribution in [0.4, 0.5) is 0 Å². The molecule has 2 heterocycles. The van der Waals surface area contributed by atoms with E-state index >= 15 is 0 Å². The minimum absolute atomic E-state index is 0.0949. The summed E-state index contributed by atoms with van der Waals surface area (Å²) in [5.41, 5.74) is 2.09. The number of nitrogens with one attached hydrogen (secondary N) is 2. The molecule has 1 fully saturated rings. The summed E-state index contributed by atoms with van der Waals surface area (Å²) in [6.45, 7) is 4.51. The molecule has 2 aromatic rings. The Labute approximate surface area is 163 Å². The van der Waals surface area contributed by atoms with Crippen molar-refractivity contribution in [1.29, 1.82) is 0 Å². The summed E-state index contributed by atoms with van der Waals surface area (Å²) in [5, 5.41) is 9.92. The lowest BCUT2D eigenvalue weighted by atomic mass is 10.1. The lowest BCUT2D eigenvalue weighted by Gasteiger charge is -2.15. The summed E-state index contributed by atoms with van der Waals surface area (Å²) in [4.78, 5) is 26.0. The average molecular weight is 388 g/mol. The molecule has 0 saturated carbocycles. The third kappa shape index (κ3) is 5.03. The van der Waals surface area contributed by atoms with Crippen molar-refractivity contribution in [3.05, 3.63) is 34.6 Å². The van der Waals surface area contributed by atoms with E-state index in [9.17, 15) is 9.59 Å². The zero-order valence-electron chi connectivity index (χ0n) is 15.5. The third-order valence-corrected chi connectivity index (χ3v) is 5.03. The second kappa shape index (κ2) is 8.94. The van der Waals surface area contributed by atoms with Gasteiger partial charge in [-0.15, -0.1) is 0 Å². The Hall–Kier alpha value is -2.48. The number of carbonyl (C=O) groups is 2. The van der Waals surface area contributed by atoms with Crippen molar-refractivity contribution < 1.29 is 9.59 Å². The monoisotopic (exact) mass is 387 g/mol. The van der Waals surface area contributed by atoms with Crippen LogP contribution in [0.2, 0.25) is 0 Å². The molecule has 0 aliphatic carbocycles. The molecule has 7 nitrogen and oxygen atoms in total. The number of hydrogen-bond acceptors (Lipinski definition) is 4. The van der Waals surface area contributed by atoms with Crippen LogP contribution in [0.5, 0.6) is 0 Å². The number of hydrogen-bond donors (Lipinski definition) is 2. The van der Waals surface area contributed by atoms with Crippen molar-refractivity contribution in [2.45, 2.75) is 39.2 Å². The first-order chi connectivity index (χ1) is 13.0. The molecule has 3 rings (SSSR count). The molecule has 0 unspecified atom stereocenters. The molecule has 1 aliphatic heterocycles. The Balaban J connectivity index is 1.51. The summed E-state index contributed by atoms with van der Waals surface area (Å²) in [5.74, 6) is 0.745. The zero-order chi connectivity index (χ0) is 19.2. The number of nitrogens with zero attached hydrogens (tertiary/aromatic N) is 3. The number of H-pyrrole nitrogens is 1. The van der Waals surface area contributed by atoms with Crippen LogP contribution >= 0.6 is 12.2 Å². The molecular formula is C19H25N5O2S. The summed E-state index contributed by atoms with van der Waals surface area (Å²) >= 11 is 5.30. The Morgan fingerprint density at radius 3 is 2.78 bits per heavy atom. The first kappa shape index (κ1) is 19.3. The number of carbonyl (C=O) groups excluding carboxylic acids is 2. The lowest BCUT2D eigenvalue weighted by Crippen LogP contribution is -2.33. The van der Waals surface area contributed by atoms with Gasteiger partial charge in [0.05, 0.1) is 0 Å². The SMILES string of the molecule is Cc1cccc(-c2n[nH]c(=S)n2CCC(=O)NCCC(=O)N2CCCC2)c1. The van der Waals surface area contributed by atoms with Gasteiger partial charge in [0.2, 0.25) is 11.8 Å². The third-order valence-electron chi connectivity index (χ3n) is 4.72. The van der Waals surface area contributed by atoms with Gasteiger partial charge in [-0.1, -0.05) is 23.8 Å². The minimum Gasteiger partial charge on any atom is -0.356 e. The van der Waals surface area contributed by atoms with Crippen molar-refractivity contribution in [3.63, 3.8) is 0 Å². The fourth-order valence-electron chi connectivity index (χ4n) is 3.26. The first-order valence-electron chi connectivity index (χ1n) is 9.31. The summed E-state index contributed by atoms with van der Waals surface area (Å²) in [7, 11) is 0. The molecule has 1 aliphatic rings. The largest absolute Gasteiger partial charge is 0.356 e. The number of aromatic amines is 1. The Morgan fingerprint density at radius 2 is 2.04 bits per heavy atom. The Morgan fingerprint density at radius 1 is 1.26 bits per heavy atom. The molecule has 27 heavy (non-hydrogen) atoms. The number of rotatable bonds is 7. The zero-order valence-corrected chi connectivity index (χ0v) is 16.3. The normalized spacial score (nSPS) is 13.7. The highest BCUT2D eigenvalue weighted by Crippen LogP contribution is 2.18. The van der Waals surface area contributed by atoms with E-state index in [1.54, 1.807) is 0 Å². The smallest absolute Gasteiger partial charge is 0.224 e.